The van der Waals surface area contributed by atoms with E-state index in [9.17, 15) is 4.79 Å². The minimum atomic E-state index is -0.840. The van der Waals surface area contributed by atoms with Crippen molar-refractivity contribution >= 4 is 17.6 Å². The molecule has 0 atom stereocenters. The smallest absolute Gasteiger partial charge is 0.303 e. The van der Waals surface area contributed by atoms with Gasteiger partial charge in [-0.3, -0.25) is 4.79 Å². The summed E-state index contributed by atoms with van der Waals surface area (Å²) in [5.41, 5.74) is 0.776. The topological polar surface area (TPSA) is 55.8 Å². The molecule has 1 aliphatic rings. The largest absolute Gasteiger partial charge is 0.490 e. The number of ether oxygens (including phenoxy) is 2. The fourth-order valence-electron chi connectivity index (χ4n) is 1.68. The van der Waals surface area contributed by atoms with Gasteiger partial charge in [0.1, 0.15) is 0 Å². The molecule has 1 aromatic carbocycles. The Bertz CT molecular complexity index is 431. The van der Waals surface area contributed by atoms with Gasteiger partial charge in [-0.1, -0.05) is 17.7 Å². The van der Waals surface area contributed by atoms with Crippen molar-refractivity contribution in [3.63, 3.8) is 0 Å². The molecule has 0 saturated heterocycles. The lowest BCUT2D eigenvalue weighted by atomic mass is 10.1. The number of aliphatic carboxylic acids is 1. The second-order valence-corrected chi connectivity index (χ2v) is 4.19. The zero-order valence-electron chi connectivity index (χ0n) is 9.24. The first kappa shape index (κ1) is 12.0. The van der Waals surface area contributed by atoms with E-state index in [4.69, 9.17) is 26.2 Å². The molecule has 2 rings (SSSR count). The lowest BCUT2D eigenvalue weighted by Crippen LogP contribution is -2.00. The van der Waals surface area contributed by atoms with Crippen LogP contribution in [0.15, 0.2) is 12.1 Å². The van der Waals surface area contributed by atoms with Gasteiger partial charge in [-0.05, 0) is 18.1 Å². The maximum Gasteiger partial charge on any atom is 0.303 e. The highest BCUT2D eigenvalue weighted by molar-refractivity contribution is 6.33. The lowest BCUT2D eigenvalue weighted by Gasteiger charge is -2.11. The Kier molecular flexibility index (Phi) is 3.74. The van der Waals surface area contributed by atoms with Crippen LogP contribution in [0.2, 0.25) is 5.02 Å². The Morgan fingerprint density at radius 1 is 1.35 bits per heavy atom. The van der Waals surface area contributed by atoms with E-state index >= 15 is 0 Å². The summed E-state index contributed by atoms with van der Waals surface area (Å²) in [6.45, 7) is 1.17. The number of fused-ring (bicyclic) bond motifs is 1. The second-order valence-electron chi connectivity index (χ2n) is 3.81. The molecule has 0 amide bonds. The van der Waals surface area contributed by atoms with Crippen molar-refractivity contribution in [3.8, 4) is 11.5 Å². The predicted molar refractivity (Wildman–Crippen MR) is 63.0 cm³/mol. The molecule has 92 valence electrons. The number of hydrogen-bond acceptors (Lipinski definition) is 3. The van der Waals surface area contributed by atoms with E-state index in [2.05, 4.69) is 0 Å². The Morgan fingerprint density at radius 2 is 2.12 bits per heavy atom. The van der Waals surface area contributed by atoms with E-state index in [1.807, 2.05) is 0 Å². The van der Waals surface area contributed by atoms with Crippen molar-refractivity contribution in [2.24, 2.45) is 0 Å². The summed E-state index contributed by atoms with van der Waals surface area (Å²) in [4.78, 5) is 10.5. The van der Waals surface area contributed by atoms with E-state index in [1.54, 1.807) is 12.1 Å². The van der Waals surface area contributed by atoms with Gasteiger partial charge in [0.15, 0.2) is 11.5 Å². The number of carboxylic acid groups (broad SMARTS) is 1. The molecule has 0 aromatic heterocycles. The minimum Gasteiger partial charge on any atom is -0.490 e. The van der Waals surface area contributed by atoms with Crippen molar-refractivity contribution in [2.75, 3.05) is 13.2 Å². The molecular weight excluding hydrogens is 244 g/mol. The number of aryl methyl sites for hydroxylation is 1. The van der Waals surface area contributed by atoms with Crippen LogP contribution in [0.5, 0.6) is 11.5 Å². The fourth-order valence-corrected chi connectivity index (χ4v) is 1.98. The second kappa shape index (κ2) is 5.27. The van der Waals surface area contributed by atoms with Gasteiger partial charge in [-0.2, -0.15) is 0 Å². The summed E-state index contributed by atoms with van der Waals surface area (Å²) in [5, 5.41) is 9.11. The Balaban J connectivity index is 2.24. The van der Waals surface area contributed by atoms with Crippen molar-refractivity contribution in [1.29, 1.82) is 0 Å². The van der Waals surface area contributed by atoms with Gasteiger partial charge in [-0.25, -0.2) is 0 Å². The van der Waals surface area contributed by atoms with E-state index in [0.29, 0.717) is 36.2 Å². The molecule has 1 aromatic rings. The van der Waals surface area contributed by atoms with E-state index in [-0.39, 0.29) is 6.42 Å². The van der Waals surface area contributed by atoms with Crippen molar-refractivity contribution in [1.82, 2.24) is 0 Å². The van der Waals surface area contributed by atoms with Crippen LogP contribution in [-0.2, 0) is 11.2 Å². The Labute approximate surface area is 104 Å². The summed E-state index contributed by atoms with van der Waals surface area (Å²) in [5.74, 6) is 0.326. The number of rotatable bonds is 3. The zero-order chi connectivity index (χ0) is 12.3. The molecular formula is C12H13ClO4. The molecule has 0 aliphatic carbocycles. The van der Waals surface area contributed by atoms with Crippen LogP contribution >= 0.6 is 11.6 Å². The van der Waals surface area contributed by atoms with Gasteiger partial charge in [0, 0.05) is 12.8 Å². The standard InChI is InChI=1S/C12H13ClO4/c13-11-8(3-5-10(14)15)2-4-9-12(11)17-7-1-6-16-9/h2,4H,1,3,5-7H2,(H,14,15). The first-order valence-electron chi connectivity index (χ1n) is 5.47. The van der Waals surface area contributed by atoms with Gasteiger partial charge in [0.25, 0.3) is 0 Å². The van der Waals surface area contributed by atoms with Crippen molar-refractivity contribution < 1.29 is 19.4 Å². The molecule has 0 bridgehead atoms. The fraction of sp³-hybridized carbons (Fsp3) is 0.417. The number of hydrogen-bond donors (Lipinski definition) is 1. The molecule has 0 fully saturated rings. The predicted octanol–water partition coefficient (Wildman–Crippen LogP) is 2.52. The molecule has 1 heterocycles. The van der Waals surface area contributed by atoms with Crippen LogP contribution < -0.4 is 9.47 Å². The Morgan fingerprint density at radius 3 is 2.88 bits per heavy atom. The number of halogens is 1. The van der Waals surface area contributed by atoms with Gasteiger partial charge in [0.05, 0.1) is 18.2 Å². The first-order valence-corrected chi connectivity index (χ1v) is 5.85. The van der Waals surface area contributed by atoms with Gasteiger partial charge in [0.2, 0.25) is 0 Å². The summed E-state index contributed by atoms with van der Waals surface area (Å²) in [7, 11) is 0. The van der Waals surface area contributed by atoms with Crippen LogP contribution in [0, 0.1) is 0 Å². The number of carboxylic acids is 1. The van der Waals surface area contributed by atoms with Crippen LogP contribution in [0.4, 0.5) is 0 Å². The van der Waals surface area contributed by atoms with E-state index in [0.717, 1.165) is 12.0 Å². The normalized spacial score (nSPS) is 14.2. The molecule has 0 spiro atoms. The SMILES string of the molecule is O=C(O)CCc1ccc2c(c1Cl)OCCCO2. The first-order chi connectivity index (χ1) is 8.18. The molecule has 5 heteroatoms. The highest BCUT2D eigenvalue weighted by atomic mass is 35.5. The summed E-state index contributed by atoms with van der Waals surface area (Å²) < 4.78 is 11.0. The average molecular weight is 257 g/mol. The third-order valence-corrected chi connectivity index (χ3v) is 2.96. The zero-order valence-corrected chi connectivity index (χ0v) is 10.00. The lowest BCUT2D eigenvalue weighted by molar-refractivity contribution is -0.136. The minimum absolute atomic E-state index is 0.0549. The number of carbonyl (C=O) groups is 1. The van der Waals surface area contributed by atoms with Crippen molar-refractivity contribution in [2.45, 2.75) is 19.3 Å². The third-order valence-electron chi connectivity index (χ3n) is 2.54. The molecule has 0 saturated carbocycles. The van der Waals surface area contributed by atoms with Crippen LogP contribution in [0.1, 0.15) is 18.4 Å². The van der Waals surface area contributed by atoms with E-state index < -0.39 is 5.97 Å². The molecule has 0 unspecified atom stereocenters. The number of benzene rings is 1. The third kappa shape index (κ3) is 2.82. The molecule has 17 heavy (non-hydrogen) atoms. The van der Waals surface area contributed by atoms with E-state index in [1.165, 1.54) is 0 Å². The van der Waals surface area contributed by atoms with Crippen LogP contribution in [0.25, 0.3) is 0 Å². The molecule has 1 N–H and O–H groups in total. The summed E-state index contributed by atoms with van der Waals surface area (Å²) in [6.07, 6.45) is 1.26. The average Bonchev–Trinajstić information content (AvgIpc) is 2.53. The van der Waals surface area contributed by atoms with Crippen molar-refractivity contribution in [3.05, 3.63) is 22.7 Å². The van der Waals surface area contributed by atoms with Crippen LogP contribution in [-0.4, -0.2) is 24.3 Å². The monoisotopic (exact) mass is 256 g/mol. The summed E-state index contributed by atoms with van der Waals surface area (Å²) in [6, 6.07) is 3.57. The Hall–Kier alpha value is -1.42. The molecule has 1 aliphatic heterocycles. The highest BCUT2D eigenvalue weighted by Crippen LogP contribution is 2.39. The molecule has 4 nitrogen and oxygen atoms in total. The summed E-state index contributed by atoms with van der Waals surface area (Å²) >= 11 is 6.18. The molecule has 0 radical (unpaired) electrons. The van der Waals surface area contributed by atoms with Crippen LogP contribution in [0.3, 0.4) is 0 Å². The quantitative estimate of drug-likeness (QED) is 0.903. The van der Waals surface area contributed by atoms with Gasteiger partial charge in [-0.15, -0.1) is 0 Å². The maximum atomic E-state index is 10.5. The van der Waals surface area contributed by atoms with Gasteiger partial charge >= 0.3 is 5.97 Å². The highest BCUT2D eigenvalue weighted by Gasteiger charge is 2.17. The van der Waals surface area contributed by atoms with Gasteiger partial charge < -0.3 is 14.6 Å². The maximum absolute atomic E-state index is 10.5.